The molecule has 3 heterocycles. The highest BCUT2D eigenvalue weighted by Crippen LogP contribution is 2.37. The third-order valence-corrected chi connectivity index (χ3v) is 5.56. The van der Waals surface area contributed by atoms with E-state index in [9.17, 15) is 4.79 Å². The number of H-pyrrole nitrogens is 1. The van der Waals surface area contributed by atoms with Gasteiger partial charge in [0.1, 0.15) is 5.82 Å². The molecule has 5 rings (SSSR count). The van der Waals surface area contributed by atoms with Gasteiger partial charge in [0.25, 0.3) is 5.91 Å². The number of amides is 1. The minimum Gasteiger partial charge on any atom is -0.361 e. The predicted octanol–water partition coefficient (Wildman–Crippen LogP) is 4.20. The molecule has 1 saturated carbocycles. The lowest BCUT2D eigenvalue weighted by Crippen LogP contribution is -2.36. The summed E-state index contributed by atoms with van der Waals surface area (Å²) >= 11 is 6.33. The van der Waals surface area contributed by atoms with Crippen molar-refractivity contribution in [3.63, 3.8) is 0 Å². The van der Waals surface area contributed by atoms with Crippen LogP contribution in [0.4, 0.5) is 0 Å². The van der Waals surface area contributed by atoms with Gasteiger partial charge in [-0.05, 0) is 54.7 Å². The maximum absolute atomic E-state index is 13.0. The van der Waals surface area contributed by atoms with Crippen molar-refractivity contribution in [1.82, 2.24) is 19.9 Å². The van der Waals surface area contributed by atoms with Crippen LogP contribution in [0.15, 0.2) is 42.9 Å². The van der Waals surface area contributed by atoms with Gasteiger partial charge in [-0.1, -0.05) is 11.6 Å². The Kier molecular flexibility index (Phi) is 3.97. The van der Waals surface area contributed by atoms with Gasteiger partial charge in [-0.2, -0.15) is 0 Å². The fourth-order valence-electron chi connectivity index (χ4n) is 3.72. The highest BCUT2D eigenvalue weighted by molar-refractivity contribution is 6.31. The third-order valence-electron chi connectivity index (χ3n) is 5.34. The Morgan fingerprint density at radius 3 is 2.74 bits per heavy atom. The molecule has 0 unspecified atom stereocenters. The van der Waals surface area contributed by atoms with Crippen molar-refractivity contribution in [3.05, 3.63) is 70.4 Å². The molecule has 1 fully saturated rings. The average Bonchev–Trinajstić information content (AvgIpc) is 3.41. The Labute approximate surface area is 162 Å². The normalized spacial score (nSPS) is 16.3. The largest absolute Gasteiger partial charge is 0.361 e. The number of rotatable bonds is 3. The lowest BCUT2D eigenvalue weighted by molar-refractivity contribution is 0.0734. The van der Waals surface area contributed by atoms with E-state index in [1.54, 1.807) is 12.4 Å². The Morgan fingerprint density at radius 1 is 1.22 bits per heavy atom. The molecule has 27 heavy (non-hydrogen) atoms. The van der Waals surface area contributed by atoms with Crippen LogP contribution in [0.2, 0.25) is 5.02 Å². The Balaban J connectivity index is 1.44. The first-order valence-electron chi connectivity index (χ1n) is 9.25. The second kappa shape index (κ2) is 6.50. The van der Waals surface area contributed by atoms with Gasteiger partial charge < -0.3 is 9.88 Å². The summed E-state index contributed by atoms with van der Waals surface area (Å²) in [5.74, 6) is 1.33. The van der Waals surface area contributed by atoms with Crippen LogP contribution >= 0.6 is 11.6 Å². The Hall–Kier alpha value is -2.66. The standard InChI is InChI=1S/C21H19ClN4O/c22-16-8-14-5-7-26(12-18(14)17(9-16)19-2-1-6-23-19)21(27)15-10-24-20(25-11-15)13-3-4-13/h1-2,6,8-11,13,23H,3-5,7,12H2. The van der Waals surface area contributed by atoms with Crippen molar-refractivity contribution < 1.29 is 4.79 Å². The molecule has 1 aliphatic carbocycles. The Bertz CT molecular complexity index is 994. The third kappa shape index (κ3) is 3.12. The molecule has 5 nitrogen and oxygen atoms in total. The first-order chi connectivity index (χ1) is 13.2. The van der Waals surface area contributed by atoms with Crippen molar-refractivity contribution >= 4 is 17.5 Å². The van der Waals surface area contributed by atoms with Gasteiger partial charge in [0, 0.05) is 53.9 Å². The van der Waals surface area contributed by atoms with Crippen molar-refractivity contribution in [2.75, 3.05) is 6.54 Å². The number of carbonyl (C=O) groups is 1. The molecule has 1 aromatic carbocycles. The number of nitrogens with one attached hydrogen (secondary N) is 1. The molecule has 1 N–H and O–H groups in total. The number of hydrogen-bond acceptors (Lipinski definition) is 3. The van der Waals surface area contributed by atoms with Crippen molar-refractivity contribution in [2.24, 2.45) is 0 Å². The van der Waals surface area contributed by atoms with Crippen molar-refractivity contribution in [3.8, 4) is 11.3 Å². The number of carbonyl (C=O) groups excluding carboxylic acids is 1. The summed E-state index contributed by atoms with van der Waals surface area (Å²) in [4.78, 5) is 26.9. The minimum absolute atomic E-state index is 0.0182. The highest BCUT2D eigenvalue weighted by Gasteiger charge is 2.28. The smallest absolute Gasteiger partial charge is 0.257 e. The zero-order chi connectivity index (χ0) is 18.4. The van der Waals surface area contributed by atoms with E-state index < -0.39 is 0 Å². The fourth-order valence-corrected chi connectivity index (χ4v) is 3.96. The van der Waals surface area contributed by atoms with Crippen molar-refractivity contribution in [1.29, 1.82) is 0 Å². The van der Waals surface area contributed by atoms with Crippen molar-refractivity contribution in [2.45, 2.75) is 31.7 Å². The second-order valence-corrected chi connectivity index (χ2v) is 7.69. The Morgan fingerprint density at radius 2 is 2.04 bits per heavy atom. The first-order valence-corrected chi connectivity index (χ1v) is 9.63. The lowest BCUT2D eigenvalue weighted by atomic mass is 9.93. The fraction of sp³-hybridized carbons (Fsp3) is 0.286. The van der Waals surface area contributed by atoms with E-state index in [1.165, 1.54) is 5.56 Å². The number of fused-ring (bicyclic) bond motifs is 1. The van der Waals surface area contributed by atoms with Crippen LogP contribution in [0, 0.1) is 0 Å². The molecule has 2 aliphatic rings. The zero-order valence-corrected chi connectivity index (χ0v) is 15.5. The van der Waals surface area contributed by atoms with Gasteiger partial charge >= 0.3 is 0 Å². The molecule has 136 valence electrons. The number of nitrogens with zero attached hydrogens (tertiary/aromatic N) is 3. The van der Waals surface area contributed by atoms with Crippen LogP contribution in [0.3, 0.4) is 0 Å². The van der Waals surface area contributed by atoms with E-state index in [0.29, 0.717) is 24.6 Å². The summed E-state index contributed by atoms with van der Waals surface area (Å²) in [6.07, 6.45) is 8.34. The molecule has 2 aromatic heterocycles. The van der Waals surface area contributed by atoms with Gasteiger partial charge in [-0.25, -0.2) is 9.97 Å². The quantitative estimate of drug-likeness (QED) is 0.742. The molecule has 0 atom stereocenters. The monoisotopic (exact) mass is 378 g/mol. The number of aromatic nitrogens is 3. The van der Waals surface area contributed by atoms with E-state index in [0.717, 1.165) is 46.9 Å². The van der Waals surface area contributed by atoms with Crippen LogP contribution in [-0.4, -0.2) is 32.3 Å². The number of hydrogen-bond donors (Lipinski definition) is 1. The molecular weight excluding hydrogens is 360 g/mol. The SMILES string of the molecule is O=C(c1cnc(C2CC2)nc1)N1CCc2cc(Cl)cc(-c3ccc[nH]3)c2C1. The molecule has 0 bridgehead atoms. The van der Waals surface area contributed by atoms with Gasteiger partial charge in [0.15, 0.2) is 0 Å². The molecule has 0 radical (unpaired) electrons. The topological polar surface area (TPSA) is 61.9 Å². The first kappa shape index (κ1) is 16.5. The molecule has 1 aliphatic heterocycles. The second-order valence-electron chi connectivity index (χ2n) is 7.26. The number of aromatic amines is 1. The van der Waals surface area contributed by atoms with Crippen LogP contribution < -0.4 is 0 Å². The summed E-state index contributed by atoms with van der Waals surface area (Å²) in [6.45, 7) is 1.23. The average molecular weight is 379 g/mol. The van der Waals surface area contributed by atoms with Crippen LogP contribution in [0.1, 0.15) is 46.1 Å². The van der Waals surface area contributed by atoms with Crippen LogP contribution in [-0.2, 0) is 13.0 Å². The maximum atomic E-state index is 13.0. The van der Waals surface area contributed by atoms with E-state index in [-0.39, 0.29) is 5.91 Å². The van der Waals surface area contributed by atoms with Gasteiger partial charge in [0.05, 0.1) is 5.56 Å². The molecular formula is C21H19ClN4O. The van der Waals surface area contributed by atoms with Crippen LogP contribution in [0.5, 0.6) is 0 Å². The summed E-state index contributed by atoms with van der Waals surface area (Å²) in [5, 5.41) is 0.724. The molecule has 3 aromatic rings. The van der Waals surface area contributed by atoms with E-state index in [4.69, 9.17) is 11.6 Å². The molecule has 1 amide bonds. The summed E-state index contributed by atoms with van der Waals surface area (Å²) in [7, 11) is 0. The number of halogens is 1. The summed E-state index contributed by atoms with van der Waals surface area (Å²) < 4.78 is 0. The summed E-state index contributed by atoms with van der Waals surface area (Å²) in [5.41, 5.74) is 4.98. The van der Waals surface area contributed by atoms with Gasteiger partial charge in [0.2, 0.25) is 0 Å². The van der Waals surface area contributed by atoms with E-state index >= 15 is 0 Å². The van der Waals surface area contributed by atoms with Crippen LogP contribution in [0.25, 0.3) is 11.3 Å². The molecule has 6 heteroatoms. The molecule has 0 spiro atoms. The minimum atomic E-state index is -0.0182. The molecule has 0 saturated heterocycles. The summed E-state index contributed by atoms with van der Waals surface area (Å²) in [6, 6.07) is 7.97. The van der Waals surface area contributed by atoms with E-state index in [1.807, 2.05) is 35.4 Å². The van der Waals surface area contributed by atoms with Gasteiger partial charge in [-0.15, -0.1) is 0 Å². The van der Waals surface area contributed by atoms with Gasteiger partial charge in [-0.3, -0.25) is 4.79 Å². The maximum Gasteiger partial charge on any atom is 0.257 e. The van der Waals surface area contributed by atoms with E-state index in [2.05, 4.69) is 15.0 Å². The number of benzene rings is 1. The predicted molar refractivity (Wildman–Crippen MR) is 104 cm³/mol. The highest BCUT2D eigenvalue weighted by atomic mass is 35.5. The zero-order valence-electron chi connectivity index (χ0n) is 14.8. The lowest BCUT2D eigenvalue weighted by Gasteiger charge is -2.30.